The van der Waals surface area contributed by atoms with Gasteiger partial charge in [-0.3, -0.25) is 4.79 Å². The van der Waals surface area contributed by atoms with Crippen LogP contribution in [-0.2, 0) is 6.42 Å². The number of nitrogens with two attached hydrogens (primary N) is 1. The molecule has 19 heavy (non-hydrogen) atoms. The van der Waals surface area contributed by atoms with Crippen LogP contribution in [0.2, 0.25) is 0 Å². The highest BCUT2D eigenvalue weighted by Crippen LogP contribution is 2.18. The van der Waals surface area contributed by atoms with E-state index in [-0.39, 0.29) is 11.6 Å². The Labute approximate surface area is 111 Å². The van der Waals surface area contributed by atoms with Crippen LogP contribution in [0, 0.1) is 5.82 Å². The van der Waals surface area contributed by atoms with Crippen molar-refractivity contribution in [1.29, 1.82) is 0 Å². The Balaban J connectivity index is 2.23. The van der Waals surface area contributed by atoms with E-state index in [4.69, 9.17) is 5.73 Å². The van der Waals surface area contributed by atoms with Crippen LogP contribution in [0.15, 0.2) is 42.5 Å². The normalized spacial score (nSPS) is 10.2. The summed E-state index contributed by atoms with van der Waals surface area (Å²) in [5.41, 5.74) is 7.55. The number of hydrogen-bond donors (Lipinski definition) is 2. The predicted octanol–water partition coefficient (Wildman–Crippen LogP) is 3.22. The second-order valence-electron chi connectivity index (χ2n) is 4.20. The SMILES string of the molecule is CCc1ccccc1C(=O)Nc1ccc(F)c(N)c1. The van der Waals surface area contributed by atoms with E-state index in [0.29, 0.717) is 11.3 Å². The lowest BCUT2D eigenvalue weighted by atomic mass is 10.0. The molecule has 0 saturated heterocycles. The summed E-state index contributed by atoms with van der Waals surface area (Å²) in [5.74, 6) is -0.713. The van der Waals surface area contributed by atoms with Crippen LogP contribution in [-0.4, -0.2) is 5.91 Å². The van der Waals surface area contributed by atoms with Gasteiger partial charge in [-0.2, -0.15) is 0 Å². The number of halogens is 1. The van der Waals surface area contributed by atoms with E-state index in [1.165, 1.54) is 18.2 Å². The summed E-state index contributed by atoms with van der Waals surface area (Å²) < 4.78 is 13.0. The number of hydrogen-bond acceptors (Lipinski definition) is 2. The Morgan fingerprint density at radius 3 is 2.68 bits per heavy atom. The van der Waals surface area contributed by atoms with Gasteiger partial charge in [0.1, 0.15) is 5.82 Å². The highest BCUT2D eigenvalue weighted by molar-refractivity contribution is 6.05. The van der Waals surface area contributed by atoms with Gasteiger partial charge in [-0.15, -0.1) is 0 Å². The van der Waals surface area contributed by atoms with Gasteiger partial charge in [0, 0.05) is 11.3 Å². The van der Waals surface area contributed by atoms with Gasteiger partial charge in [-0.1, -0.05) is 25.1 Å². The molecule has 0 saturated carbocycles. The molecule has 0 aliphatic heterocycles. The summed E-state index contributed by atoms with van der Waals surface area (Å²) in [6.45, 7) is 1.99. The molecule has 0 aromatic heterocycles. The van der Waals surface area contributed by atoms with Crippen LogP contribution in [0.25, 0.3) is 0 Å². The molecule has 0 heterocycles. The zero-order chi connectivity index (χ0) is 13.8. The Bertz CT molecular complexity index is 611. The molecule has 98 valence electrons. The molecule has 4 heteroatoms. The molecule has 2 rings (SSSR count). The lowest BCUT2D eigenvalue weighted by Crippen LogP contribution is -2.14. The van der Waals surface area contributed by atoms with Gasteiger partial charge in [0.2, 0.25) is 0 Å². The molecule has 0 radical (unpaired) electrons. The Kier molecular flexibility index (Phi) is 3.80. The molecule has 0 spiro atoms. The second-order valence-corrected chi connectivity index (χ2v) is 4.20. The summed E-state index contributed by atoms with van der Waals surface area (Å²) >= 11 is 0. The monoisotopic (exact) mass is 258 g/mol. The van der Waals surface area contributed by atoms with Crippen molar-refractivity contribution in [1.82, 2.24) is 0 Å². The molecular weight excluding hydrogens is 243 g/mol. The van der Waals surface area contributed by atoms with Crippen molar-refractivity contribution in [3.05, 3.63) is 59.4 Å². The molecule has 0 aliphatic carbocycles. The third-order valence-electron chi connectivity index (χ3n) is 2.90. The summed E-state index contributed by atoms with van der Waals surface area (Å²) in [6, 6.07) is 11.5. The zero-order valence-electron chi connectivity index (χ0n) is 10.6. The molecule has 0 fully saturated rings. The lowest BCUT2D eigenvalue weighted by molar-refractivity contribution is 0.102. The van der Waals surface area contributed by atoms with Crippen molar-refractivity contribution in [2.75, 3.05) is 11.1 Å². The summed E-state index contributed by atoms with van der Waals surface area (Å²) in [7, 11) is 0. The van der Waals surface area contributed by atoms with Gasteiger partial charge in [0.05, 0.1) is 5.69 Å². The van der Waals surface area contributed by atoms with E-state index in [1.54, 1.807) is 6.07 Å². The van der Waals surface area contributed by atoms with E-state index in [2.05, 4.69) is 5.32 Å². The number of aryl methyl sites for hydroxylation is 1. The van der Waals surface area contributed by atoms with Crippen molar-refractivity contribution >= 4 is 17.3 Å². The molecule has 3 nitrogen and oxygen atoms in total. The smallest absolute Gasteiger partial charge is 0.255 e. The third kappa shape index (κ3) is 2.91. The lowest BCUT2D eigenvalue weighted by Gasteiger charge is -2.09. The highest BCUT2D eigenvalue weighted by Gasteiger charge is 2.10. The molecule has 2 aromatic carbocycles. The molecule has 0 unspecified atom stereocenters. The number of carbonyl (C=O) groups is 1. The average Bonchev–Trinajstić information content (AvgIpc) is 2.43. The first kappa shape index (κ1) is 13.1. The number of amides is 1. The van der Waals surface area contributed by atoms with Crippen LogP contribution in [0.1, 0.15) is 22.8 Å². The molecule has 2 aromatic rings. The molecular formula is C15H15FN2O. The van der Waals surface area contributed by atoms with Gasteiger partial charge in [0.25, 0.3) is 5.91 Å². The van der Waals surface area contributed by atoms with Crippen molar-refractivity contribution in [2.45, 2.75) is 13.3 Å². The standard InChI is InChI=1S/C15H15FN2O/c1-2-10-5-3-4-6-12(10)15(19)18-11-7-8-13(16)14(17)9-11/h3-9H,2,17H2,1H3,(H,18,19). The minimum Gasteiger partial charge on any atom is -0.396 e. The van der Waals surface area contributed by atoms with Crippen molar-refractivity contribution in [3.63, 3.8) is 0 Å². The van der Waals surface area contributed by atoms with Gasteiger partial charge in [-0.25, -0.2) is 4.39 Å². The van der Waals surface area contributed by atoms with Gasteiger partial charge in [-0.05, 0) is 36.2 Å². The number of rotatable bonds is 3. The predicted molar refractivity (Wildman–Crippen MR) is 74.6 cm³/mol. The topological polar surface area (TPSA) is 55.1 Å². The van der Waals surface area contributed by atoms with E-state index >= 15 is 0 Å². The largest absolute Gasteiger partial charge is 0.396 e. The molecule has 1 amide bonds. The van der Waals surface area contributed by atoms with Gasteiger partial charge >= 0.3 is 0 Å². The van der Waals surface area contributed by atoms with Gasteiger partial charge < -0.3 is 11.1 Å². The first-order valence-corrected chi connectivity index (χ1v) is 6.06. The van der Waals surface area contributed by atoms with Crippen molar-refractivity contribution in [3.8, 4) is 0 Å². The van der Waals surface area contributed by atoms with Crippen molar-refractivity contribution < 1.29 is 9.18 Å². The minimum atomic E-state index is -0.494. The van der Waals surface area contributed by atoms with E-state index < -0.39 is 5.82 Å². The minimum absolute atomic E-state index is 0.0153. The number of nitrogen functional groups attached to an aromatic ring is 1. The first-order chi connectivity index (χ1) is 9.11. The van der Waals surface area contributed by atoms with Crippen LogP contribution >= 0.6 is 0 Å². The first-order valence-electron chi connectivity index (χ1n) is 6.06. The fourth-order valence-electron chi connectivity index (χ4n) is 1.87. The zero-order valence-corrected chi connectivity index (χ0v) is 10.6. The number of carbonyl (C=O) groups excluding carboxylic acids is 1. The maximum atomic E-state index is 13.0. The summed E-state index contributed by atoms with van der Waals surface area (Å²) in [5, 5.41) is 2.72. The number of benzene rings is 2. The van der Waals surface area contributed by atoms with E-state index in [1.807, 2.05) is 25.1 Å². The van der Waals surface area contributed by atoms with Crippen LogP contribution in [0.4, 0.5) is 15.8 Å². The number of anilines is 2. The van der Waals surface area contributed by atoms with Crippen LogP contribution < -0.4 is 11.1 Å². The quantitative estimate of drug-likeness (QED) is 0.830. The molecule has 0 bridgehead atoms. The second kappa shape index (κ2) is 5.52. The van der Waals surface area contributed by atoms with Crippen molar-refractivity contribution in [2.24, 2.45) is 0 Å². The van der Waals surface area contributed by atoms with Crippen LogP contribution in [0.5, 0.6) is 0 Å². The molecule has 3 N–H and O–H groups in total. The Hall–Kier alpha value is -2.36. The molecule has 0 aliphatic rings. The van der Waals surface area contributed by atoms with E-state index in [9.17, 15) is 9.18 Å². The molecule has 0 atom stereocenters. The maximum Gasteiger partial charge on any atom is 0.255 e. The van der Waals surface area contributed by atoms with Gasteiger partial charge in [0.15, 0.2) is 0 Å². The fraction of sp³-hybridized carbons (Fsp3) is 0.133. The summed E-state index contributed by atoms with van der Waals surface area (Å²) in [4.78, 5) is 12.1. The highest BCUT2D eigenvalue weighted by atomic mass is 19.1. The fourth-order valence-corrected chi connectivity index (χ4v) is 1.87. The Morgan fingerprint density at radius 1 is 1.26 bits per heavy atom. The average molecular weight is 258 g/mol. The Morgan fingerprint density at radius 2 is 2.00 bits per heavy atom. The maximum absolute atomic E-state index is 13.0. The summed E-state index contributed by atoms with van der Waals surface area (Å²) in [6.07, 6.45) is 0.773. The van der Waals surface area contributed by atoms with E-state index in [0.717, 1.165) is 12.0 Å². The number of nitrogens with one attached hydrogen (secondary N) is 1. The van der Waals surface area contributed by atoms with Crippen LogP contribution in [0.3, 0.4) is 0 Å². The third-order valence-corrected chi connectivity index (χ3v) is 2.90.